The third-order valence-corrected chi connectivity index (χ3v) is 1.88. The summed E-state index contributed by atoms with van der Waals surface area (Å²) in [4.78, 5) is 0. The lowest BCUT2D eigenvalue weighted by Crippen LogP contribution is -2.26. The topological polar surface area (TPSA) is 4.93 Å². The molecule has 0 unspecified atom stereocenters. The van der Waals surface area contributed by atoms with Crippen LogP contribution in [0.3, 0.4) is 0 Å². The molecule has 0 aliphatic rings. The second-order valence-electron chi connectivity index (χ2n) is 2.81. The van der Waals surface area contributed by atoms with Gasteiger partial charge < -0.3 is 4.57 Å². The predicted molar refractivity (Wildman–Crippen MR) is 54.2 cm³/mol. The number of rotatable bonds is 3. The van der Waals surface area contributed by atoms with Crippen molar-refractivity contribution >= 4 is 12.7 Å². The first kappa shape index (κ1) is 8.85. The normalized spacial score (nSPS) is 11.9. The molecule has 12 heavy (non-hydrogen) atoms. The number of allylic oxidation sites excluding steroid dienone is 1. The molecule has 1 aromatic rings. The van der Waals surface area contributed by atoms with E-state index in [0.717, 1.165) is 18.3 Å². The molecule has 0 spiro atoms. The summed E-state index contributed by atoms with van der Waals surface area (Å²) in [5.74, 6) is 0. The minimum atomic E-state index is 1.05. The summed E-state index contributed by atoms with van der Waals surface area (Å²) in [5, 5.41) is 2.25. The Morgan fingerprint density at radius 3 is 2.92 bits per heavy atom. The van der Waals surface area contributed by atoms with Crippen molar-refractivity contribution in [1.29, 1.82) is 0 Å². The minimum absolute atomic E-state index is 1.05. The van der Waals surface area contributed by atoms with Crippen LogP contribution in [0, 0.1) is 0 Å². The first-order chi connectivity index (χ1) is 5.79. The van der Waals surface area contributed by atoms with Crippen molar-refractivity contribution in [2.45, 2.75) is 19.9 Å². The molecule has 0 atom stereocenters. The van der Waals surface area contributed by atoms with Crippen molar-refractivity contribution in [2.75, 3.05) is 0 Å². The van der Waals surface area contributed by atoms with Gasteiger partial charge >= 0.3 is 0 Å². The Labute approximate surface area is 73.3 Å². The Bertz CT molecular complexity index is 357. The number of aryl methyl sites for hydroxylation is 1. The van der Waals surface area contributed by atoms with E-state index in [2.05, 4.69) is 36.9 Å². The monoisotopic (exact) mass is 161 g/mol. The van der Waals surface area contributed by atoms with Crippen molar-refractivity contribution in [3.8, 4) is 0 Å². The van der Waals surface area contributed by atoms with Crippen molar-refractivity contribution in [1.82, 2.24) is 4.57 Å². The lowest BCUT2D eigenvalue weighted by Gasteiger charge is -1.97. The van der Waals surface area contributed by atoms with Gasteiger partial charge in [-0.1, -0.05) is 32.2 Å². The highest BCUT2D eigenvalue weighted by Crippen LogP contribution is 1.82. The van der Waals surface area contributed by atoms with Gasteiger partial charge in [-0.3, -0.25) is 0 Å². The van der Waals surface area contributed by atoms with Crippen LogP contribution in [0.5, 0.6) is 0 Å². The first-order valence-electron chi connectivity index (χ1n) is 4.26. The highest BCUT2D eigenvalue weighted by molar-refractivity contribution is 5.35. The maximum atomic E-state index is 4.00. The van der Waals surface area contributed by atoms with Gasteiger partial charge in [-0.15, -0.1) is 0 Å². The third kappa shape index (κ3) is 1.67. The summed E-state index contributed by atoms with van der Waals surface area (Å²) >= 11 is 0. The molecule has 1 rings (SSSR count). The van der Waals surface area contributed by atoms with E-state index in [1.54, 1.807) is 6.08 Å². The van der Waals surface area contributed by atoms with E-state index in [9.17, 15) is 0 Å². The molecule has 1 nitrogen and oxygen atoms in total. The molecule has 0 amide bonds. The van der Waals surface area contributed by atoms with E-state index in [-0.39, 0.29) is 0 Å². The Kier molecular flexibility index (Phi) is 2.92. The summed E-state index contributed by atoms with van der Waals surface area (Å²) in [6.07, 6.45) is 6.99. The van der Waals surface area contributed by atoms with Gasteiger partial charge in [0.1, 0.15) is 0 Å². The predicted octanol–water partition coefficient (Wildman–Crippen LogP) is 1.27. The summed E-state index contributed by atoms with van der Waals surface area (Å²) < 4.78 is 2.16. The minimum Gasteiger partial charge on any atom is -0.348 e. The van der Waals surface area contributed by atoms with Crippen molar-refractivity contribution in [2.24, 2.45) is 0 Å². The number of nitrogens with zero attached hydrogens (tertiary/aromatic N) is 1. The molecule has 64 valence electrons. The average Bonchev–Trinajstić information content (AvgIpc) is 2.38. The molecule has 0 radical (unpaired) electrons. The third-order valence-electron chi connectivity index (χ3n) is 1.88. The van der Waals surface area contributed by atoms with E-state index in [0.29, 0.717) is 0 Å². The summed E-state index contributed by atoms with van der Waals surface area (Å²) in [6.45, 7) is 10.9. The molecule has 0 bridgehead atoms. The molecule has 0 aliphatic heterocycles. The zero-order chi connectivity index (χ0) is 8.97. The zero-order valence-electron chi connectivity index (χ0n) is 7.59. The summed E-state index contributed by atoms with van der Waals surface area (Å²) in [6, 6.07) is 2.07. The van der Waals surface area contributed by atoms with E-state index >= 15 is 0 Å². The fourth-order valence-corrected chi connectivity index (χ4v) is 1.25. The van der Waals surface area contributed by atoms with Gasteiger partial charge in [0.2, 0.25) is 0 Å². The van der Waals surface area contributed by atoms with E-state index < -0.39 is 0 Å². The van der Waals surface area contributed by atoms with E-state index in [4.69, 9.17) is 0 Å². The van der Waals surface area contributed by atoms with Crippen LogP contribution in [-0.2, 0) is 6.54 Å². The van der Waals surface area contributed by atoms with E-state index in [1.807, 2.05) is 6.08 Å². The van der Waals surface area contributed by atoms with Crippen LogP contribution in [0.25, 0.3) is 12.7 Å². The zero-order valence-corrected chi connectivity index (χ0v) is 7.59. The molecular formula is C11H15N. The fraction of sp³-hybridized carbons (Fsp3) is 0.273. The number of hydrogen-bond donors (Lipinski definition) is 0. The molecule has 0 saturated carbocycles. The Balaban J connectivity index is 3.13. The van der Waals surface area contributed by atoms with Crippen LogP contribution in [0.15, 0.2) is 24.9 Å². The van der Waals surface area contributed by atoms with Crippen LogP contribution >= 0.6 is 0 Å². The maximum Gasteiger partial charge on any atom is 0.0407 e. The van der Waals surface area contributed by atoms with E-state index in [1.165, 1.54) is 5.22 Å². The Morgan fingerprint density at radius 1 is 1.58 bits per heavy atom. The molecule has 1 aromatic heterocycles. The van der Waals surface area contributed by atoms with Crippen molar-refractivity contribution < 1.29 is 0 Å². The molecule has 1 heteroatoms. The quantitative estimate of drug-likeness (QED) is 0.629. The maximum absolute atomic E-state index is 4.00. The molecular weight excluding hydrogens is 146 g/mol. The van der Waals surface area contributed by atoms with Gasteiger partial charge in [0.05, 0.1) is 0 Å². The Hall–Kier alpha value is -1.24. The smallest absolute Gasteiger partial charge is 0.0407 e. The largest absolute Gasteiger partial charge is 0.348 e. The highest BCUT2D eigenvalue weighted by Gasteiger charge is 1.90. The average molecular weight is 161 g/mol. The summed E-state index contributed by atoms with van der Waals surface area (Å²) in [7, 11) is 0. The van der Waals surface area contributed by atoms with Gasteiger partial charge in [-0.05, 0) is 17.7 Å². The second-order valence-corrected chi connectivity index (χ2v) is 2.81. The lowest BCUT2D eigenvalue weighted by atomic mass is 10.4. The van der Waals surface area contributed by atoms with Crippen molar-refractivity contribution in [3.05, 3.63) is 35.5 Å². The van der Waals surface area contributed by atoms with Crippen LogP contribution in [0.2, 0.25) is 0 Å². The standard InChI is InChI=1S/C11H15N/c1-4-6-11-7-9-12(8-5-2)10(11)3/h4,6-7,9H,1,3,5,8H2,2H3/b11-6-. The molecule has 0 saturated heterocycles. The highest BCUT2D eigenvalue weighted by atomic mass is 14.9. The van der Waals surface area contributed by atoms with Gasteiger partial charge in [0.15, 0.2) is 0 Å². The molecule has 0 fully saturated rings. The van der Waals surface area contributed by atoms with Crippen molar-refractivity contribution in [3.63, 3.8) is 0 Å². The van der Waals surface area contributed by atoms with Gasteiger partial charge in [-0.2, -0.15) is 0 Å². The van der Waals surface area contributed by atoms with Gasteiger partial charge in [-0.25, -0.2) is 0 Å². The Morgan fingerprint density at radius 2 is 2.33 bits per heavy atom. The fourth-order valence-electron chi connectivity index (χ4n) is 1.25. The second kappa shape index (κ2) is 3.96. The molecule has 1 heterocycles. The first-order valence-corrected chi connectivity index (χ1v) is 4.26. The molecule has 0 aliphatic carbocycles. The SMILES string of the molecule is C=C/C=c1/ccn(CCC)c1=C. The van der Waals surface area contributed by atoms with Gasteiger partial charge in [0.25, 0.3) is 0 Å². The van der Waals surface area contributed by atoms with Crippen LogP contribution in [-0.4, -0.2) is 4.57 Å². The lowest BCUT2D eigenvalue weighted by molar-refractivity contribution is 0.667. The number of aromatic nitrogens is 1. The molecule has 0 N–H and O–H groups in total. The van der Waals surface area contributed by atoms with Crippen LogP contribution < -0.4 is 10.6 Å². The van der Waals surface area contributed by atoms with Gasteiger partial charge in [0, 0.05) is 18.1 Å². The summed E-state index contributed by atoms with van der Waals surface area (Å²) in [5.41, 5.74) is 0. The number of hydrogen-bond acceptors (Lipinski definition) is 0. The molecule has 0 aromatic carbocycles. The van der Waals surface area contributed by atoms with Crippen LogP contribution in [0.1, 0.15) is 13.3 Å². The van der Waals surface area contributed by atoms with Crippen LogP contribution in [0.4, 0.5) is 0 Å².